The van der Waals surface area contributed by atoms with Crippen molar-refractivity contribution in [3.63, 3.8) is 0 Å². The van der Waals surface area contributed by atoms with Gasteiger partial charge in [-0.1, -0.05) is 83.3 Å². The number of carbonyl (C=O) groups is 1. The minimum Gasteiger partial charge on any atom is -0.426 e. The minimum atomic E-state index is -0.291. The lowest BCUT2D eigenvalue weighted by Crippen LogP contribution is -2.40. The van der Waals surface area contributed by atoms with Crippen LogP contribution in [0.25, 0.3) is 0 Å². The maximum Gasteiger partial charge on any atom is 0.314 e. The van der Waals surface area contributed by atoms with Gasteiger partial charge in [0, 0.05) is 6.07 Å². The summed E-state index contributed by atoms with van der Waals surface area (Å²) in [6.07, 6.45) is 24.5. The Kier molecular flexibility index (Phi) is 11.1. The van der Waals surface area contributed by atoms with Crippen LogP contribution in [0.2, 0.25) is 0 Å². The van der Waals surface area contributed by atoms with Crippen LogP contribution in [0.4, 0.5) is 4.39 Å². The third-order valence-corrected chi connectivity index (χ3v) is 10.1. The second kappa shape index (κ2) is 14.5. The number of ether oxygens (including phenoxy) is 1. The van der Waals surface area contributed by atoms with Crippen molar-refractivity contribution >= 4 is 5.97 Å². The van der Waals surface area contributed by atoms with Gasteiger partial charge in [-0.15, -0.1) is 6.58 Å². The number of unbranched alkanes of at least 4 members (excludes halogenated alkanes) is 4. The van der Waals surface area contributed by atoms with Crippen LogP contribution in [0.5, 0.6) is 5.75 Å². The Morgan fingerprint density at radius 3 is 2.51 bits per heavy atom. The molecular weight excluding hydrogens is 459 g/mol. The fraction of sp³-hybridized carbons (Fsp3) is 0.735. The van der Waals surface area contributed by atoms with Crippen molar-refractivity contribution in [1.29, 1.82) is 0 Å². The van der Waals surface area contributed by atoms with Crippen LogP contribution in [0.1, 0.15) is 122 Å². The first-order chi connectivity index (χ1) is 18.1. The Balaban J connectivity index is 1.23. The predicted molar refractivity (Wildman–Crippen MR) is 151 cm³/mol. The molecule has 3 aliphatic carbocycles. The monoisotopic (exact) mass is 510 g/mol. The molecule has 3 fully saturated rings. The second-order valence-corrected chi connectivity index (χ2v) is 12.5. The number of allylic oxidation sites excluding steroid dienone is 1. The van der Waals surface area contributed by atoms with Crippen LogP contribution >= 0.6 is 0 Å². The quantitative estimate of drug-likeness (QED) is 0.121. The highest BCUT2D eigenvalue weighted by atomic mass is 19.1. The second-order valence-electron chi connectivity index (χ2n) is 12.5. The van der Waals surface area contributed by atoms with Gasteiger partial charge in [-0.3, -0.25) is 4.79 Å². The van der Waals surface area contributed by atoms with E-state index in [1.165, 1.54) is 96.0 Å². The number of carbonyl (C=O) groups excluding carboxylic acids is 1. The predicted octanol–water partition coefficient (Wildman–Crippen LogP) is 9.85. The van der Waals surface area contributed by atoms with Gasteiger partial charge >= 0.3 is 5.97 Å². The van der Waals surface area contributed by atoms with Crippen molar-refractivity contribution < 1.29 is 13.9 Å². The van der Waals surface area contributed by atoms with Gasteiger partial charge in [0.05, 0.1) is 5.92 Å². The summed E-state index contributed by atoms with van der Waals surface area (Å²) >= 11 is 0. The minimum absolute atomic E-state index is 0.0216. The maximum atomic E-state index is 14.5. The SMILES string of the molecule is C=CCCc1ccc(OC(=O)C2CCCC3CC(C4CCC(CCCCCCC)CC4)CCC32)cc1F. The lowest BCUT2D eigenvalue weighted by molar-refractivity contribution is -0.144. The van der Waals surface area contributed by atoms with E-state index in [1.807, 2.05) is 0 Å². The van der Waals surface area contributed by atoms with Gasteiger partial charge in [-0.2, -0.15) is 0 Å². The molecule has 3 saturated carbocycles. The number of esters is 1. The fourth-order valence-electron chi connectivity index (χ4n) is 7.95. The van der Waals surface area contributed by atoms with Gasteiger partial charge in [-0.25, -0.2) is 4.39 Å². The van der Waals surface area contributed by atoms with E-state index in [0.717, 1.165) is 37.0 Å². The number of benzene rings is 1. The molecule has 1 aromatic carbocycles. The number of hydrogen-bond donors (Lipinski definition) is 0. The molecule has 0 bridgehead atoms. The smallest absolute Gasteiger partial charge is 0.314 e. The van der Waals surface area contributed by atoms with E-state index in [9.17, 15) is 9.18 Å². The average molecular weight is 511 g/mol. The number of rotatable bonds is 12. The van der Waals surface area contributed by atoms with Crippen LogP contribution in [0, 0.1) is 41.3 Å². The van der Waals surface area contributed by atoms with Gasteiger partial charge < -0.3 is 4.74 Å². The zero-order valence-corrected chi connectivity index (χ0v) is 23.4. The summed E-state index contributed by atoms with van der Waals surface area (Å²) in [6, 6.07) is 4.88. The van der Waals surface area contributed by atoms with E-state index in [-0.39, 0.29) is 17.7 Å². The molecule has 0 aromatic heterocycles. The topological polar surface area (TPSA) is 26.3 Å². The van der Waals surface area contributed by atoms with Gasteiger partial charge in [0.25, 0.3) is 0 Å². The van der Waals surface area contributed by atoms with E-state index in [4.69, 9.17) is 4.74 Å². The first kappa shape index (κ1) is 28.4. The molecule has 0 amide bonds. The summed E-state index contributed by atoms with van der Waals surface area (Å²) in [6.45, 7) is 6.00. The van der Waals surface area contributed by atoms with Crippen LogP contribution in [-0.2, 0) is 11.2 Å². The Morgan fingerprint density at radius 1 is 0.973 bits per heavy atom. The molecule has 0 aliphatic heterocycles. The zero-order chi connectivity index (χ0) is 26.0. The lowest BCUT2D eigenvalue weighted by atomic mass is 9.59. The van der Waals surface area contributed by atoms with E-state index in [1.54, 1.807) is 18.2 Å². The molecule has 4 unspecified atom stereocenters. The molecule has 0 spiro atoms. The number of fused-ring (bicyclic) bond motifs is 1. The number of hydrogen-bond acceptors (Lipinski definition) is 2. The Morgan fingerprint density at radius 2 is 1.76 bits per heavy atom. The van der Waals surface area contributed by atoms with Gasteiger partial charge in [0.15, 0.2) is 0 Å². The molecule has 0 radical (unpaired) electrons. The number of aryl methyl sites for hydroxylation is 1. The molecule has 2 nitrogen and oxygen atoms in total. The van der Waals surface area contributed by atoms with Crippen LogP contribution in [0.3, 0.4) is 0 Å². The zero-order valence-electron chi connectivity index (χ0n) is 23.4. The lowest BCUT2D eigenvalue weighted by Gasteiger charge is -2.46. The molecule has 3 heteroatoms. The van der Waals surface area contributed by atoms with Crippen molar-refractivity contribution in [2.75, 3.05) is 0 Å². The molecule has 1 aromatic rings. The molecule has 206 valence electrons. The van der Waals surface area contributed by atoms with Crippen LogP contribution in [-0.4, -0.2) is 5.97 Å². The molecule has 4 atom stereocenters. The van der Waals surface area contributed by atoms with Crippen molar-refractivity contribution in [1.82, 2.24) is 0 Å². The van der Waals surface area contributed by atoms with E-state index in [2.05, 4.69) is 13.5 Å². The van der Waals surface area contributed by atoms with Crippen molar-refractivity contribution in [3.8, 4) is 5.75 Å². The summed E-state index contributed by atoms with van der Waals surface area (Å²) < 4.78 is 20.2. The molecule has 4 rings (SSSR count). The summed E-state index contributed by atoms with van der Waals surface area (Å²) in [5.41, 5.74) is 0.650. The van der Waals surface area contributed by atoms with E-state index < -0.39 is 0 Å². The Hall–Kier alpha value is -1.64. The molecule has 37 heavy (non-hydrogen) atoms. The molecule has 0 heterocycles. The molecule has 0 N–H and O–H groups in total. The normalized spacial score (nSPS) is 29.9. The summed E-state index contributed by atoms with van der Waals surface area (Å²) in [7, 11) is 0. The average Bonchev–Trinajstić information content (AvgIpc) is 2.92. The van der Waals surface area contributed by atoms with Crippen LogP contribution < -0.4 is 4.74 Å². The highest BCUT2D eigenvalue weighted by molar-refractivity contribution is 5.75. The summed E-state index contributed by atoms with van der Waals surface area (Å²) in [5.74, 6) is 3.77. The third-order valence-electron chi connectivity index (χ3n) is 10.1. The standard InChI is InChI=1S/C34H51FO2/c1-3-5-7-8-9-11-25-15-17-26(18-16-25)28-20-22-31-29(23-28)13-10-14-32(31)34(36)37-30-21-19-27(12-6-4-2)33(35)24-30/h4,19,21,24-26,28-29,31-32H,2-3,5-18,20,22-23H2,1H3. The fourth-order valence-corrected chi connectivity index (χ4v) is 7.95. The van der Waals surface area contributed by atoms with E-state index >= 15 is 0 Å². The third kappa shape index (κ3) is 7.93. The molecule has 0 saturated heterocycles. The highest BCUT2D eigenvalue weighted by Crippen LogP contribution is 2.50. The Labute approximate surface area is 225 Å². The van der Waals surface area contributed by atoms with Gasteiger partial charge in [-0.05, 0) is 92.6 Å². The summed E-state index contributed by atoms with van der Waals surface area (Å²) in [4.78, 5) is 13.2. The van der Waals surface area contributed by atoms with Gasteiger partial charge in [0.2, 0.25) is 0 Å². The van der Waals surface area contributed by atoms with Crippen molar-refractivity contribution in [3.05, 3.63) is 42.2 Å². The Bertz CT molecular complexity index is 855. The molecular formula is C34H51FO2. The first-order valence-corrected chi connectivity index (χ1v) is 15.7. The van der Waals surface area contributed by atoms with Crippen LogP contribution in [0.15, 0.2) is 30.9 Å². The first-order valence-electron chi connectivity index (χ1n) is 15.7. The van der Waals surface area contributed by atoms with Gasteiger partial charge in [0.1, 0.15) is 11.6 Å². The highest BCUT2D eigenvalue weighted by Gasteiger charge is 2.43. The molecule has 3 aliphatic rings. The number of halogens is 1. The largest absolute Gasteiger partial charge is 0.426 e. The van der Waals surface area contributed by atoms with Crippen molar-refractivity contribution in [2.24, 2.45) is 35.5 Å². The van der Waals surface area contributed by atoms with Crippen molar-refractivity contribution in [2.45, 2.75) is 122 Å². The van der Waals surface area contributed by atoms with E-state index in [0.29, 0.717) is 29.6 Å². The maximum absolute atomic E-state index is 14.5. The summed E-state index contributed by atoms with van der Waals surface area (Å²) in [5, 5.41) is 0.